The zero-order valence-corrected chi connectivity index (χ0v) is 28.0. The van der Waals surface area contributed by atoms with E-state index in [-0.39, 0.29) is 85.2 Å². The van der Waals surface area contributed by atoms with Gasteiger partial charge >= 0.3 is 59.1 Å². The molecule has 2 aromatic carbocycles. The first-order valence-electron chi connectivity index (χ1n) is 11.1. The van der Waals surface area contributed by atoms with Gasteiger partial charge in [0.15, 0.2) is 0 Å². The SMILES string of the molecule is C#Cc1ccc(C#Cc2cc(OCCCS(=O)(=O)[O-])c(C(C)(C)C)cc2OCCCS(=O)(=O)[O-])cc1.[Na+].[Na+]. The van der Waals surface area contributed by atoms with Crippen LogP contribution in [0.1, 0.15) is 55.9 Å². The Balaban J connectivity index is 0.00000684. The molecule has 0 spiro atoms. The van der Waals surface area contributed by atoms with Gasteiger partial charge in [-0.3, -0.25) is 0 Å². The molecule has 0 bridgehead atoms. The fourth-order valence-electron chi connectivity index (χ4n) is 3.11. The monoisotopic (exact) mass is 578 g/mol. The molecule has 0 aliphatic carbocycles. The molecule has 0 fully saturated rings. The summed E-state index contributed by atoms with van der Waals surface area (Å²) in [6.07, 6.45) is 5.43. The second-order valence-electron chi connectivity index (χ2n) is 8.99. The van der Waals surface area contributed by atoms with Crippen LogP contribution in [0.2, 0.25) is 0 Å². The Labute approximate surface area is 270 Å². The van der Waals surface area contributed by atoms with E-state index < -0.39 is 37.2 Å². The third kappa shape index (κ3) is 13.9. The number of benzene rings is 2. The van der Waals surface area contributed by atoms with Crippen molar-refractivity contribution in [2.75, 3.05) is 24.7 Å². The molecule has 0 N–H and O–H groups in total. The van der Waals surface area contributed by atoms with Gasteiger partial charge in [0.05, 0.1) is 39.0 Å². The van der Waals surface area contributed by atoms with E-state index in [0.717, 1.165) is 5.56 Å². The van der Waals surface area contributed by atoms with Crippen molar-refractivity contribution in [1.82, 2.24) is 0 Å². The maximum Gasteiger partial charge on any atom is 1.00 e. The van der Waals surface area contributed by atoms with Crippen molar-refractivity contribution in [3.05, 3.63) is 58.7 Å². The first-order valence-corrected chi connectivity index (χ1v) is 14.2. The van der Waals surface area contributed by atoms with Crippen LogP contribution < -0.4 is 68.6 Å². The summed E-state index contributed by atoms with van der Waals surface area (Å²) < 4.78 is 77.1. The summed E-state index contributed by atoms with van der Waals surface area (Å²) in [7, 11) is -8.71. The van der Waals surface area contributed by atoms with Crippen molar-refractivity contribution in [1.29, 1.82) is 0 Å². The third-order valence-corrected chi connectivity index (χ3v) is 6.45. The van der Waals surface area contributed by atoms with Gasteiger partial charge in [-0.25, -0.2) is 16.8 Å². The predicted molar refractivity (Wildman–Crippen MR) is 135 cm³/mol. The van der Waals surface area contributed by atoms with Gasteiger partial charge < -0.3 is 18.6 Å². The molecule has 12 heteroatoms. The Hall–Kier alpha value is -1.02. The summed E-state index contributed by atoms with van der Waals surface area (Å²) >= 11 is 0. The molecular weight excluding hydrogens is 550 g/mol. The van der Waals surface area contributed by atoms with E-state index in [0.29, 0.717) is 28.2 Å². The first kappa shape index (κ1) is 37.0. The zero-order valence-electron chi connectivity index (χ0n) is 22.4. The molecule has 0 heterocycles. The Morgan fingerprint density at radius 1 is 0.789 bits per heavy atom. The largest absolute Gasteiger partial charge is 1.00 e. The normalized spacial score (nSPS) is 11.2. The molecule has 0 aromatic heterocycles. The minimum atomic E-state index is -4.36. The number of rotatable bonds is 10. The quantitative estimate of drug-likeness (QED) is 0.126. The number of terminal acetylenes is 1. The summed E-state index contributed by atoms with van der Waals surface area (Å²) in [4.78, 5) is 0. The maximum atomic E-state index is 10.9. The average molecular weight is 579 g/mol. The molecule has 0 unspecified atom stereocenters. The fraction of sp³-hybridized carbons (Fsp3) is 0.385. The fourth-order valence-corrected chi connectivity index (χ4v) is 4.05. The van der Waals surface area contributed by atoms with Crippen LogP contribution in [0.4, 0.5) is 0 Å². The number of hydrogen-bond acceptors (Lipinski definition) is 8. The van der Waals surface area contributed by atoms with Gasteiger partial charge in [-0.05, 0) is 54.7 Å². The van der Waals surface area contributed by atoms with Crippen molar-refractivity contribution in [3.63, 3.8) is 0 Å². The van der Waals surface area contributed by atoms with Crippen LogP contribution >= 0.6 is 0 Å². The van der Waals surface area contributed by atoms with Gasteiger partial charge in [0, 0.05) is 28.2 Å². The van der Waals surface area contributed by atoms with E-state index in [4.69, 9.17) is 15.9 Å². The van der Waals surface area contributed by atoms with Crippen molar-refractivity contribution in [2.24, 2.45) is 0 Å². The van der Waals surface area contributed by atoms with E-state index in [1.54, 1.807) is 36.4 Å². The van der Waals surface area contributed by atoms with Gasteiger partial charge in [0.1, 0.15) is 11.5 Å². The molecule has 0 amide bonds. The summed E-state index contributed by atoms with van der Waals surface area (Å²) in [5, 5.41) is 0. The average Bonchev–Trinajstić information content (AvgIpc) is 2.77. The second-order valence-corrected chi connectivity index (χ2v) is 12.0. The minimum Gasteiger partial charge on any atom is -0.748 e. The predicted octanol–water partition coefficient (Wildman–Crippen LogP) is -3.00. The maximum absolute atomic E-state index is 10.9. The molecule has 2 rings (SSSR count). The molecular formula is C26H28Na2O8S2. The molecule has 8 nitrogen and oxygen atoms in total. The molecule has 2 aromatic rings. The molecule has 0 saturated carbocycles. The van der Waals surface area contributed by atoms with E-state index in [1.807, 2.05) is 20.8 Å². The van der Waals surface area contributed by atoms with E-state index >= 15 is 0 Å². The van der Waals surface area contributed by atoms with Gasteiger partial charge in [-0.15, -0.1) is 6.42 Å². The van der Waals surface area contributed by atoms with Crippen LogP contribution in [-0.2, 0) is 25.7 Å². The Bertz CT molecular complexity index is 1380. The molecule has 0 aliphatic rings. The molecule has 0 atom stereocenters. The summed E-state index contributed by atoms with van der Waals surface area (Å²) in [6, 6.07) is 10.4. The van der Waals surface area contributed by atoms with E-state index in [9.17, 15) is 25.9 Å². The number of hydrogen-bond donors (Lipinski definition) is 0. The number of ether oxygens (including phenoxy) is 2. The third-order valence-electron chi connectivity index (χ3n) is 4.88. The van der Waals surface area contributed by atoms with Gasteiger partial charge in [0.25, 0.3) is 0 Å². The molecule has 0 saturated heterocycles. The van der Waals surface area contributed by atoms with Crippen molar-refractivity contribution in [3.8, 4) is 35.7 Å². The molecule has 0 radical (unpaired) electrons. The standard InChI is InChI=1S/C26H30O8S2.2Na/c1-5-20-8-10-21(11-9-20)12-13-22-18-25(34-15-7-17-36(30,31)32)23(26(2,3)4)19-24(22)33-14-6-16-35(27,28)29;;/h1,8-11,18-19H,6-7,14-17H2,2-4H3,(H,27,28,29)(H,30,31,32);;/q;2*+1/p-2. The van der Waals surface area contributed by atoms with Crippen LogP contribution in [0.3, 0.4) is 0 Å². The summed E-state index contributed by atoms with van der Waals surface area (Å²) in [5.74, 6) is 8.32. The van der Waals surface area contributed by atoms with Crippen molar-refractivity contribution < 1.29 is 94.5 Å². The van der Waals surface area contributed by atoms with Crippen LogP contribution in [0.25, 0.3) is 0 Å². The van der Waals surface area contributed by atoms with Crippen LogP contribution in [0.15, 0.2) is 36.4 Å². The van der Waals surface area contributed by atoms with E-state index in [1.165, 1.54) is 0 Å². The van der Waals surface area contributed by atoms with Gasteiger partial charge in [0.2, 0.25) is 0 Å². The van der Waals surface area contributed by atoms with Crippen molar-refractivity contribution in [2.45, 2.75) is 39.0 Å². The Kier molecular flexibility index (Phi) is 15.9. The van der Waals surface area contributed by atoms with Crippen LogP contribution in [-0.4, -0.2) is 50.7 Å². The minimum absolute atomic E-state index is 0. The topological polar surface area (TPSA) is 133 Å². The molecule has 38 heavy (non-hydrogen) atoms. The Morgan fingerprint density at radius 2 is 1.26 bits per heavy atom. The Morgan fingerprint density at radius 3 is 1.71 bits per heavy atom. The summed E-state index contributed by atoms with van der Waals surface area (Å²) in [5.41, 5.74) is 2.18. The van der Waals surface area contributed by atoms with Crippen LogP contribution in [0.5, 0.6) is 11.5 Å². The summed E-state index contributed by atoms with van der Waals surface area (Å²) in [6.45, 7) is 5.83. The molecule has 0 aliphatic heterocycles. The smallest absolute Gasteiger partial charge is 0.748 e. The zero-order chi connectivity index (χ0) is 27.0. The second kappa shape index (κ2) is 16.3. The van der Waals surface area contributed by atoms with E-state index in [2.05, 4.69) is 17.8 Å². The van der Waals surface area contributed by atoms with Gasteiger partial charge in [-0.1, -0.05) is 38.5 Å². The van der Waals surface area contributed by atoms with Crippen molar-refractivity contribution >= 4 is 20.2 Å². The van der Waals surface area contributed by atoms with Crippen LogP contribution in [0, 0.1) is 24.2 Å². The first-order chi connectivity index (χ1) is 16.7. The molecule has 194 valence electrons. The van der Waals surface area contributed by atoms with Gasteiger partial charge in [-0.2, -0.15) is 0 Å².